The third kappa shape index (κ3) is 9.35. The number of alkyl carbamates (subject to hydrolysis) is 1. The summed E-state index contributed by atoms with van der Waals surface area (Å²) in [6.45, 7) is 6.84. The normalized spacial score (nSPS) is 21.0. The maximum Gasteiger partial charge on any atom is 0.407 e. The second-order valence-corrected chi connectivity index (χ2v) is 8.55. The number of rotatable bonds is 8. The molecule has 1 heterocycles. The SMILES string of the molecule is CC(C)(C)OC(=O)NCCCCCNC(=O)C1CSC(CS)C1. The van der Waals surface area contributed by atoms with Crippen molar-refractivity contribution < 1.29 is 14.3 Å². The van der Waals surface area contributed by atoms with Gasteiger partial charge in [0.1, 0.15) is 5.60 Å². The Balaban J connectivity index is 1.97. The molecule has 0 saturated carbocycles. The van der Waals surface area contributed by atoms with Gasteiger partial charge in [-0.1, -0.05) is 0 Å². The highest BCUT2D eigenvalue weighted by atomic mass is 32.2. The molecule has 0 radical (unpaired) electrons. The molecule has 0 aromatic heterocycles. The molecule has 1 rings (SSSR count). The average Bonchev–Trinajstić information content (AvgIpc) is 2.93. The standard InChI is InChI=1S/C16H30N2O3S2/c1-16(2,3)21-15(20)18-8-6-4-5-7-17-14(19)12-9-13(10-22)23-11-12/h12-13,22H,4-11H2,1-3H3,(H,17,19)(H,18,20). The Morgan fingerprint density at radius 1 is 1.17 bits per heavy atom. The molecule has 1 saturated heterocycles. The molecule has 0 aromatic carbocycles. The molecule has 134 valence electrons. The van der Waals surface area contributed by atoms with Gasteiger partial charge in [0.05, 0.1) is 0 Å². The number of carbonyl (C=O) groups excluding carboxylic acids is 2. The minimum Gasteiger partial charge on any atom is -0.444 e. The molecule has 2 atom stereocenters. The van der Waals surface area contributed by atoms with Gasteiger partial charge in [-0.05, 0) is 46.5 Å². The first kappa shape index (κ1) is 20.5. The van der Waals surface area contributed by atoms with Crippen LogP contribution in [0.3, 0.4) is 0 Å². The third-order valence-electron chi connectivity index (χ3n) is 3.48. The van der Waals surface area contributed by atoms with E-state index in [2.05, 4.69) is 23.3 Å². The number of carbonyl (C=O) groups is 2. The molecule has 1 fully saturated rings. The third-order valence-corrected chi connectivity index (χ3v) is 5.59. The van der Waals surface area contributed by atoms with Crippen molar-refractivity contribution in [3.8, 4) is 0 Å². The molecule has 2 N–H and O–H groups in total. The topological polar surface area (TPSA) is 67.4 Å². The lowest BCUT2D eigenvalue weighted by Crippen LogP contribution is -2.33. The predicted molar refractivity (Wildman–Crippen MR) is 99.3 cm³/mol. The van der Waals surface area contributed by atoms with Crippen LogP contribution in [0, 0.1) is 5.92 Å². The van der Waals surface area contributed by atoms with E-state index in [-0.39, 0.29) is 17.9 Å². The summed E-state index contributed by atoms with van der Waals surface area (Å²) in [5.41, 5.74) is -0.459. The Morgan fingerprint density at radius 3 is 2.39 bits per heavy atom. The maximum atomic E-state index is 12.0. The van der Waals surface area contributed by atoms with Crippen LogP contribution in [0.5, 0.6) is 0 Å². The fourth-order valence-electron chi connectivity index (χ4n) is 2.30. The van der Waals surface area contributed by atoms with Crippen molar-refractivity contribution in [1.29, 1.82) is 0 Å². The van der Waals surface area contributed by atoms with E-state index < -0.39 is 5.60 Å². The number of hydrogen-bond donors (Lipinski definition) is 3. The average molecular weight is 363 g/mol. The van der Waals surface area contributed by atoms with Crippen molar-refractivity contribution >= 4 is 36.4 Å². The molecule has 5 nitrogen and oxygen atoms in total. The van der Waals surface area contributed by atoms with E-state index >= 15 is 0 Å². The van der Waals surface area contributed by atoms with Crippen LogP contribution >= 0.6 is 24.4 Å². The van der Waals surface area contributed by atoms with E-state index in [4.69, 9.17) is 4.74 Å². The molecule has 2 unspecified atom stereocenters. The Morgan fingerprint density at radius 2 is 1.83 bits per heavy atom. The zero-order valence-electron chi connectivity index (χ0n) is 14.4. The molecule has 0 aromatic rings. The number of thiol groups is 1. The molecule has 1 aliphatic rings. The van der Waals surface area contributed by atoms with Crippen LogP contribution in [-0.4, -0.2) is 47.4 Å². The van der Waals surface area contributed by atoms with Crippen molar-refractivity contribution in [3.63, 3.8) is 0 Å². The number of nitrogens with one attached hydrogen (secondary N) is 2. The van der Waals surface area contributed by atoms with E-state index in [9.17, 15) is 9.59 Å². The molecule has 2 amide bonds. The van der Waals surface area contributed by atoms with Crippen molar-refractivity contribution in [2.75, 3.05) is 24.6 Å². The Kier molecular flexibility index (Phi) is 9.20. The minimum atomic E-state index is -0.459. The lowest BCUT2D eigenvalue weighted by Gasteiger charge is -2.19. The zero-order valence-corrected chi connectivity index (χ0v) is 16.1. The molecule has 0 bridgehead atoms. The maximum absolute atomic E-state index is 12.0. The fraction of sp³-hybridized carbons (Fsp3) is 0.875. The van der Waals surface area contributed by atoms with Crippen molar-refractivity contribution in [2.24, 2.45) is 5.92 Å². The van der Waals surface area contributed by atoms with Crippen LogP contribution in [0.2, 0.25) is 0 Å². The van der Waals surface area contributed by atoms with E-state index in [1.807, 2.05) is 32.5 Å². The summed E-state index contributed by atoms with van der Waals surface area (Å²) in [4.78, 5) is 23.4. The predicted octanol–water partition coefficient (Wildman–Crippen LogP) is 2.85. The van der Waals surface area contributed by atoms with E-state index in [1.165, 1.54) is 0 Å². The Hall–Kier alpha value is -0.560. The van der Waals surface area contributed by atoms with Gasteiger partial charge in [0, 0.05) is 35.8 Å². The Labute approximate surface area is 149 Å². The summed E-state index contributed by atoms with van der Waals surface area (Å²) in [6, 6.07) is 0. The van der Waals surface area contributed by atoms with Gasteiger partial charge in [-0.2, -0.15) is 24.4 Å². The van der Waals surface area contributed by atoms with Crippen LogP contribution in [0.4, 0.5) is 4.79 Å². The van der Waals surface area contributed by atoms with Crippen molar-refractivity contribution in [3.05, 3.63) is 0 Å². The van der Waals surface area contributed by atoms with E-state index in [0.717, 1.165) is 37.2 Å². The zero-order chi connectivity index (χ0) is 17.3. The number of amides is 2. The van der Waals surface area contributed by atoms with Gasteiger partial charge in [-0.3, -0.25) is 4.79 Å². The largest absolute Gasteiger partial charge is 0.444 e. The summed E-state index contributed by atoms with van der Waals surface area (Å²) in [5.74, 6) is 2.08. The van der Waals surface area contributed by atoms with Gasteiger partial charge in [0.15, 0.2) is 0 Å². The van der Waals surface area contributed by atoms with Crippen LogP contribution in [-0.2, 0) is 9.53 Å². The molecular formula is C16H30N2O3S2. The summed E-state index contributed by atoms with van der Waals surface area (Å²) >= 11 is 6.13. The quantitative estimate of drug-likeness (QED) is 0.459. The summed E-state index contributed by atoms with van der Waals surface area (Å²) < 4.78 is 5.16. The van der Waals surface area contributed by atoms with Gasteiger partial charge in [0.2, 0.25) is 5.91 Å². The van der Waals surface area contributed by atoms with Gasteiger partial charge in [-0.25, -0.2) is 4.79 Å². The number of ether oxygens (including phenoxy) is 1. The van der Waals surface area contributed by atoms with E-state index in [0.29, 0.717) is 18.3 Å². The Bertz CT molecular complexity index is 386. The summed E-state index contributed by atoms with van der Waals surface area (Å²) in [7, 11) is 0. The van der Waals surface area contributed by atoms with Gasteiger partial charge in [0.25, 0.3) is 0 Å². The fourth-order valence-corrected chi connectivity index (χ4v) is 4.03. The van der Waals surface area contributed by atoms with Crippen LogP contribution in [0.15, 0.2) is 0 Å². The van der Waals surface area contributed by atoms with Gasteiger partial charge in [-0.15, -0.1) is 0 Å². The molecule has 0 aliphatic carbocycles. The smallest absolute Gasteiger partial charge is 0.407 e. The van der Waals surface area contributed by atoms with Crippen LogP contribution in [0.1, 0.15) is 46.5 Å². The first-order valence-electron chi connectivity index (χ1n) is 8.29. The molecule has 1 aliphatic heterocycles. The molecule has 7 heteroatoms. The molecule has 23 heavy (non-hydrogen) atoms. The minimum absolute atomic E-state index is 0.144. The first-order valence-corrected chi connectivity index (χ1v) is 9.97. The second-order valence-electron chi connectivity index (χ2n) is 6.85. The lowest BCUT2D eigenvalue weighted by molar-refractivity contribution is -0.124. The summed E-state index contributed by atoms with van der Waals surface area (Å²) in [6.07, 6.45) is 3.35. The number of hydrogen-bond acceptors (Lipinski definition) is 5. The van der Waals surface area contributed by atoms with Crippen LogP contribution in [0.25, 0.3) is 0 Å². The monoisotopic (exact) mass is 362 g/mol. The highest BCUT2D eigenvalue weighted by molar-refractivity contribution is 8.00. The molecule has 0 spiro atoms. The number of unbranched alkanes of at least 4 members (excludes halogenated alkanes) is 2. The highest BCUT2D eigenvalue weighted by Crippen LogP contribution is 2.31. The van der Waals surface area contributed by atoms with Crippen LogP contribution < -0.4 is 10.6 Å². The first-order chi connectivity index (χ1) is 10.8. The summed E-state index contributed by atoms with van der Waals surface area (Å²) in [5, 5.41) is 6.27. The molecular weight excluding hydrogens is 332 g/mol. The lowest BCUT2D eigenvalue weighted by atomic mass is 10.1. The van der Waals surface area contributed by atoms with Crippen molar-refractivity contribution in [2.45, 2.75) is 57.3 Å². The van der Waals surface area contributed by atoms with E-state index in [1.54, 1.807) is 0 Å². The number of thioether (sulfide) groups is 1. The second kappa shape index (κ2) is 10.3. The van der Waals surface area contributed by atoms with Crippen molar-refractivity contribution in [1.82, 2.24) is 10.6 Å². The van der Waals surface area contributed by atoms with Gasteiger partial charge >= 0.3 is 6.09 Å². The highest BCUT2D eigenvalue weighted by Gasteiger charge is 2.29. The van der Waals surface area contributed by atoms with Gasteiger partial charge < -0.3 is 15.4 Å².